The van der Waals surface area contributed by atoms with Gasteiger partial charge in [-0.05, 0) is 12.1 Å². The molecule has 1 heterocycles. The lowest BCUT2D eigenvalue weighted by molar-refractivity contribution is 0.529. The molecule has 2 rings (SSSR count). The van der Waals surface area contributed by atoms with E-state index in [2.05, 4.69) is 31.7 Å². The van der Waals surface area contributed by atoms with Crippen molar-refractivity contribution in [3.63, 3.8) is 0 Å². The minimum absolute atomic E-state index is 0.344. The van der Waals surface area contributed by atoms with E-state index in [9.17, 15) is 4.39 Å². The van der Waals surface area contributed by atoms with Crippen LogP contribution >= 0.6 is 15.9 Å². The van der Waals surface area contributed by atoms with Gasteiger partial charge in [-0.2, -0.15) is 0 Å². The van der Waals surface area contributed by atoms with Gasteiger partial charge in [-0.1, -0.05) is 27.2 Å². The lowest BCUT2D eigenvalue weighted by Crippen LogP contribution is -2.31. The number of nitrogens with one attached hydrogen (secondary N) is 1. The van der Waals surface area contributed by atoms with E-state index in [1.54, 1.807) is 30.1 Å². The van der Waals surface area contributed by atoms with E-state index in [4.69, 9.17) is 5.84 Å². The fourth-order valence-corrected chi connectivity index (χ4v) is 2.23. The maximum atomic E-state index is 13.8. The highest BCUT2D eigenvalue weighted by atomic mass is 79.9. The maximum Gasteiger partial charge on any atom is 0.129 e. The molecule has 0 saturated heterocycles. The number of nitrogens with two attached hydrogens (primary N) is 1. The molecular formula is C10H11BrFN5. The van der Waals surface area contributed by atoms with Gasteiger partial charge in [0, 0.05) is 17.1 Å². The van der Waals surface area contributed by atoms with Gasteiger partial charge in [0.1, 0.15) is 5.82 Å². The highest BCUT2D eigenvalue weighted by Crippen LogP contribution is 2.29. The first-order valence-corrected chi connectivity index (χ1v) is 5.69. The Labute approximate surface area is 106 Å². The summed E-state index contributed by atoms with van der Waals surface area (Å²) in [5, 5.41) is 7.56. The molecule has 0 saturated carbocycles. The predicted octanol–water partition coefficient (Wildman–Crippen LogP) is 1.27. The molecule has 1 unspecified atom stereocenters. The summed E-state index contributed by atoms with van der Waals surface area (Å²) in [4.78, 5) is 0. The van der Waals surface area contributed by atoms with Crippen molar-refractivity contribution >= 4 is 15.9 Å². The first-order valence-electron chi connectivity index (χ1n) is 4.89. The lowest BCUT2D eigenvalue weighted by Gasteiger charge is -2.18. The highest BCUT2D eigenvalue weighted by molar-refractivity contribution is 9.10. The Morgan fingerprint density at radius 1 is 1.53 bits per heavy atom. The van der Waals surface area contributed by atoms with Crippen LogP contribution in [0.4, 0.5) is 4.39 Å². The normalized spacial score (nSPS) is 12.7. The molecule has 0 radical (unpaired) electrons. The van der Waals surface area contributed by atoms with E-state index < -0.39 is 6.04 Å². The van der Waals surface area contributed by atoms with E-state index in [0.29, 0.717) is 15.7 Å². The highest BCUT2D eigenvalue weighted by Gasteiger charge is 2.22. The molecule has 17 heavy (non-hydrogen) atoms. The van der Waals surface area contributed by atoms with Crippen LogP contribution in [0, 0.1) is 5.82 Å². The molecule has 0 amide bonds. The van der Waals surface area contributed by atoms with Crippen LogP contribution in [0.1, 0.15) is 17.3 Å². The molecule has 5 nitrogen and oxygen atoms in total. The molecule has 3 N–H and O–H groups in total. The average Bonchev–Trinajstić information content (AvgIpc) is 2.70. The summed E-state index contributed by atoms with van der Waals surface area (Å²) in [5.41, 5.74) is 3.68. The summed E-state index contributed by atoms with van der Waals surface area (Å²) in [6, 6.07) is 4.25. The molecule has 1 atom stereocenters. The topological polar surface area (TPSA) is 68.8 Å². The minimum Gasteiger partial charge on any atom is -0.271 e. The number of aryl methyl sites for hydroxylation is 1. The van der Waals surface area contributed by atoms with Gasteiger partial charge in [-0.25, -0.2) is 9.82 Å². The third-order valence-corrected chi connectivity index (χ3v) is 3.19. The first-order chi connectivity index (χ1) is 8.15. The monoisotopic (exact) mass is 299 g/mol. The number of hydrazine groups is 1. The summed E-state index contributed by atoms with van der Waals surface area (Å²) >= 11 is 3.31. The fraction of sp³-hybridized carbons (Fsp3) is 0.200. The van der Waals surface area contributed by atoms with E-state index in [-0.39, 0.29) is 5.82 Å². The summed E-state index contributed by atoms with van der Waals surface area (Å²) in [6.45, 7) is 0. The van der Waals surface area contributed by atoms with Gasteiger partial charge in [0.05, 0.1) is 17.9 Å². The van der Waals surface area contributed by atoms with Gasteiger partial charge in [0.15, 0.2) is 0 Å². The molecule has 2 aromatic rings. The summed E-state index contributed by atoms with van der Waals surface area (Å²) < 4.78 is 16.0. The first kappa shape index (κ1) is 12.2. The van der Waals surface area contributed by atoms with Crippen LogP contribution in [0.15, 0.2) is 28.9 Å². The Morgan fingerprint density at radius 3 is 2.82 bits per heavy atom. The Morgan fingerprint density at radius 2 is 2.29 bits per heavy atom. The largest absolute Gasteiger partial charge is 0.271 e. The molecule has 7 heteroatoms. The van der Waals surface area contributed by atoms with Crippen molar-refractivity contribution in [2.24, 2.45) is 12.9 Å². The third kappa shape index (κ3) is 2.21. The van der Waals surface area contributed by atoms with Crippen LogP contribution in [-0.2, 0) is 7.05 Å². The van der Waals surface area contributed by atoms with Crippen LogP contribution in [0.5, 0.6) is 0 Å². The molecule has 1 aromatic carbocycles. The van der Waals surface area contributed by atoms with E-state index in [0.717, 1.165) is 0 Å². The zero-order chi connectivity index (χ0) is 12.4. The van der Waals surface area contributed by atoms with Gasteiger partial charge >= 0.3 is 0 Å². The Hall–Kier alpha value is -1.31. The van der Waals surface area contributed by atoms with Crippen LogP contribution in [-0.4, -0.2) is 15.0 Å². The minimum atomic E-state index is -0.509. The SMILES string of the molecule is Cn1nncc1C(NN)c1c(F)cccc1Br. The van der Waals surface area contributed by atoms with Crippen LogP contribution in [0.25, 0.3) is 0 Å². The Bertz CT molecular complexity index is 507. The quantitative estimate of drug-likeness (QED) is 0.661. The molecule has 0 aliphatic carbocycles. The van der Waals surface area contributed by atoms with Crippen molar-refractivity contribution in [2.45, 2.75) is 6.04 Å². The zero-order valence-electron chi connectivity index (χ0n) is 9.06. The predicted molar refractivity (Wildman–Crippen MR) is 64.3 cm³/mol. The summed E-state index contributed by atoms with van der Waals surface area (Å²) in [7, 11) is 1.72. The van der Waals surface area contributed by atoms with Crippen molar-refractivity contribution in [1.29, 1.82) is 0 Å². The zero-order valence-corrected chi connectivity index (χ0v) is 10.6. The van der Waals surface area contributed by atoms with Crippen molar-refractivity contribution < 1.29 is 4.39 Å². The van der Waals surface area contributed by atoms with Crippen molar-refractivity contribution in [3.8, 4) is 0 Å². The number of rotatable bonds is 3. The molecular weight excluding hydrogens is 289 g/mol. The maximum absolute atomic E-state index is 13.8. The second-order valence-electron chi connectivity index (χ2n) is 3.52. The molecule has 0 fully saturated rings. The van der Waals surface area contributed by atoms with E-state index in [1.165, 1.54) is 6.07 Å². The van der Waals surface area contributed by atoms with Gasteiger partial charge in [0.25, 0.3) is 0 Å². The number of hydrogen-bond acceptors (Lipinski definition) is 4. The van der Waals surface area contributed by atoms with Crippen LogP contribution < -0.4 is 11.3 Å². The van der Waals surface area contributed by atoms with Crippen LogP contribution in [0.2, 0.25) is 0 Å². The van der Waals surface area contributed by atoms with Crippen LogP contribution in [0.3, 0.4) is 0 Å². The summed E-state index contributed by atoms with van der Waals surface area (Å²) in [6.07, 6.45) is 1.55. The van der Waals surface area contributed by atoms with E-state index in [1.807, 2.05) is 0 Å². The lowest BCUT2D eigenvalue weighted by atomic mass is 10.0. The number of benzene rings is 1. The Balaban J connectivity index is 2.53. The molecule has 1 aromatic heterocycles. The van der Waals surface area contributed by atoms with Crippen molar-refractivity contribution in [1.82, 2.24) is 20.4 Å². The number of nitrogens with zero attached hydrogens (tertiary/aromatic N) is 3. The van der Waals surface area contributed by atoms with Gasteiger partial charge in [0.2, 0.25) is 0 Å². The number of halogens is 2. The second kappa shape index (κ2) is 4.91. The van der Waals surface area contributed by atoms with Crippen molar-refractivity contribution in [2.75, 3.05) is 0 Å². The molecule has 0 spiro atoms. The second-order valence-corrected chi connectivity index (χ2v) is 4.37. The number of hydrogen-bond donors (Lipinski definition) is 2. The van der Waals surface area contributed by atoms with Gasteiger partial charge in [-0.3, -0.25) is 10.5 Å². The third-order valence-electron chi connectivity index (χ3n) is 2.50. The van der Waals surface area contributed by atoms with E-state index >= 15 is 0 Å². The smallest absolute Gasteiger partial charge is 0.129 e. The standard InChI is InChI=1S/C10H11BrFN5/c1-17-8(5-14-16-17)10(15-13)9-6(11)3-2-4-7(9)12/h2-5,10,15H,13H2,1H3. The summed E-state index contributed by atoms with van der Waals surface area (Å²) in [5.74, 6) is 5.15. The molecule has 0 aliphatic heterocycles. The van der Waals surface area contributed by atoms with Gasteiger partial charge < -0.3 is 0 Å². The molecule has 90 valence electrons. The van der Waals surface area contributed by atoms with Gasteiger partial charge in [-0.15, -0.1) is 5.10 Å². The molecule has 0 aliphatic rings. The Kier molecular flexibility index (Phi) is 3.51. The fourth-order valence-electron chi connectivity index (χ4n) is 1.66. The molecule has 0 bridgehead atoms. The van der Waals surface area contributed by atoms with Crippen molar-refractivity contribution in [3.05, 3.63) is 45.9 Å². The number of aromatic nitrogens is 3. The average molecular weight is 300 g/mol.